The first-order chi connectivity index (χ1) is 6.04. The molecule has 0 amide bonds. The lowest BCUT2D eigenvalue weighted by molar-refractivity contribution is -0.160. The first kappa shape index (κ1) is 11.7. The average molecular weight is 186 g/mol. The van der Waals surface area contributed by atoms with E-state index in [-0.39, 0.29) is 13.6 Å². The molecule has 0 saturated carbocycles. The molecule has 74 valence electrons. The largest absolute Gasteiger partial charge is 0.473 e. The van der Waals surface area contributed by atoms with Crippen LogP contribution < -0.4 is 0 Å². The van der Waals surface area contributed by atoms with Crippen molar-refractivity contribution >= 4 is 5.97 Å². The van der Waals surface area contributed by atoms with Crippen LogP contribution in [0.2, 0.25) is 0 Å². The molecule has 0 spiro atoms. The van der Waals surface area contributed by atoms with Crippen LogP contribution in [-0.2, 0) is 19.0 Å². The SMILES string of the molecule is C=C(C)OCOCOC(=O)C(=C)C. The van der Waals surface area contributed by atoms with Crippen molar-refractivity contribution < 1.29 is 19.0 Å². The van der Waals surface area contributed by atoms with E-state index in [0.717, 1.165) is 0 Å². The van der Waals surface area contributed by atoms with Crippen LogP contribution >= 0.6 is 0 Å². The summed E-state index contributed by atoms with van der Waals surface area (Å²) in [6.07, 6.45) is 0. The second-order valence-electron chi connectivity index (χ2n) is 2.50. The molecular formula is C9H14O4. The Morgan fingerprint density at radius 3 is 2.15 bits per heavy atom. The molecule has 0 aliphatic rings. The van der Waals surface area contributed by atoms with Crippen LogP contribution in [0.3, 0.4) is 0 Å². The van der Waals surface area contributed by atoms with Gasteiger partial charge in [0.2, 0.25) is 0 Å². The number of rotatable bonds is 6. The van der Waals surface area contributed by atoms with Crippen LogP contribution in [0.15, 0.2) is 24.5 Å². The van der Waals surface area contributed by atoms with Gasteiger partial charge in [-0.3, -0.25) is 0 Å². The summed E-state index contributed by atoms with van der Waals surface area (Å²) < 4.78 is 14.3. The topological polar surface area (TPSA) is 44.8 Å². The van der Waals surface area contributed by atoms with Crippen LogP contribution in [-0.4, -0.2) is 19.6 Å². The molecule has 4 heteroatoms. The fourth-order valence-corrected chi connectivity index (χ4v) is 0.395. The lowest BCUT2D eigenvalue weighted by atomic mass is 10.4. The normalized spacial score (nSPS) is 9.08. The van der Waals surface area contributed by atoms with E-state index in [0.29, 0.717) is 11.3 Å². The minimum atomic E-state index is -0.477. The van der Waals surface area contributed by atoms with Crippen molar-refractivity contribution in [1.82, 2.24) is 0 Å². The van der Waals surface area contributed by atoms with Gasteiger partial charge in [0.05, 0.1) is 5.76 Å². The summed E-state index contributed by atoms with van der Waals surface area (Å²) in [4.78, 5) is 10.8. The minimum absolute atomic E-state index is 0.0266. The third-order valence-corrected chi connectivity index (χ3v) is 1.01. The Morgan fingerprint density at radius 1 is 1.15 bits per heavy atom. The summed E-state index contributed by atoms with van der Waals surface area (Å²) in [5.41, 5.74) is 0.337. The second kappa shape index (κ2) is 6.25. The van der Waals surface area contributed by atoms with Crippen LogP contribution in [0.5, 0.6) is 0 Å². The molecule has 0 aliphatic heterocycles. The Kier molecular flexibility index (Phi) is 5.63. The van der Waals surface area contributed by atoms with Gasteiger partial charge >= 0.3 is 5.97 Å². The molecule has 0 aromatic heterocycles. The van der Waals surface area contributed by atoms with E-state index >= 15 is 0 Å². The molecule has 0 aromatic carbocycles. The zero-order valence-electron chi connectivity index (χ0n) is 7.96. The van der Waals surface area contributed by atoms with Gasteiger partial charge in [-0.15, -0.1) is 0 Å². The zero-order chi connectivity index (χ0) is 10.3. The van der Waals surface area contributed by atoms with Crippen molar-refractivity contribution in [3.8, 4) is 0 Å². The quantitative estimate of drug-likeness (QED) is 0.208. The number of hydrogen-bond acceptors (Lipinski definition) is 4. The van der Waals surface area contributed by atoms with Crippen molar-refractivity contribution in [3.05, 3.63) is 24.5 Å². The lowest BCUT2D eigenvalue weighted by Crippen LogP contribution is -2.10. The maximum atomic E-state index is 10.8. The second-order valence-corrected chi connectivity index (χ2v) is 2.50. The van der Waals surface area contributed by atoms with E-state index < -0.39 is 5.97 Å². The number of allylic oxidation sites excluding steroid dienone is 1. The fraction of sp³-hybridized carbons (Fsp3) is 0.444. The van der Waals surface area contributed by atoms with Gasteiger partial charge in [-0.1, -0.05) is 13.2 Å². The summed E-state index contributed by atoms with van der Waals surface area (Å²) in [7, 11) is 0. The first-order valence-electron chi connectivity index (χ1n) is 3.72. The van der Waals surface area contributed by atoms with Gasteiger partial charge in [0.15, 0.2) is 13.6 Å². The van der Waals surface area contributed by atoms with Crippen molar-refractivity contribution in [2.75, 3.05) is 13.6 Å². The predicted octanol–water partition coefficient (Wildman–Crippen LogP) is 1.59. The molecule has 0 radical (unpaired) electrons. The number of esters is 1. The number of ether oxygens (including phenoxy) is 3. The zero-order valence-corrected chi connectivity index (χ0v) is 7.96. The number of carbonyl (C=O) groups is 1. The highest BCUT2D eigenvalue weighted by Gasteiger charge is 2.01. The molecule has 0 saturated heterocycles. The van der Waals surface area contributed by atoms with Gasteiger partial charge in [0, 0.05) is 5.57 Å². The van der Waals surface area contributed by atoms with Crippen molar-refractivity contribution in [2.45, 2.75) is 13.8 Å². The average Bonchev–Trinajstić information content (AvgIpc) is 2.02. The van der Waals surface area contributed by atoms with E-state index in [1.807, 2.05) is 0 Å². The van der Waals surface area contributed by atoms with Crippen molar-refractivity contribution in [1.29, 1.82) is 0 Å². The standard InChI is InChI=1S/C9H14O4/c1-7(2)9(10)13-6-11-5-12-8(3)4/h1,3,5-6H2,2,4H3. The van der Waals surface area contributed by atoms with Crippen LogP contribution in [0, 0.1) is 0 Å². The molecule has 0 rings (SSSR count). The van der Waals surface area contributed by atoms with E-state index in [2.05, 4.69) is 17.9 Å². The molecule has 0 heterocycles. The predicted molar refractivity (Wildman–Crippen MR) is 47.6 cm³/mol. The monoisotopic (exact) mass is 186 g/mol. The number of carbonyl (C=O) groups excluding carboxylic acids is 1. The van der Waals surface area contributed by atoms with Gasteiger partial charge in [-0.05, 0) is 13.8 Å². The van der Waals surface area contributed by atoms with Crippen LogP contribution in [0.25, 0.3) is 0 Å². The molecule has 13 heavy (non-hydrogen) atoms. The Hall–Kier alpha value is -1.29. The highest BCUT2D eigenvalue weighted by atomic mass is 16.7. The van der Waals surface area contributed by atoms with Gasteiger partial charge in [-0.25, -0.2) is 4.79 Å². The minimum Gasteiger partial charge on any atom is -0.473 e. The van der Waals surface area contributed by atoms with E-state index in [1.54, 1.807) is 13.8 Å². The summed E-state index contributed by atoms with van der Waals surface area (Å²) in [5.74, 6) is 0.0709. The summed E-state index contributed by atoms with van der Waals surface area (Å²) in [5, 5.41) is 0. The van der Waals surface area contributed by atoms with Crippen LogP contribution in [0.1, 0.15) is 13.8 Å². The van der Waals surface area contributed by atoms with Crippen molar-refractivity contribution in [3.63, 3.8) is 0 Å². The maximum absolute atomic E-state index is 10.8. The van der Waals surface area contributed by atoms with E-state index in [1.165, 1.54) is 0 Å². The molecule has 0 N–H and O–H groups in total. The van der Waals surface area contributed by atoms with E-state index in [4.69, 9.17) is 9.47 Å². The maximum Gasteiger partial charge on any atom is 0.335 e. The van der Waals surface area contributed by atoms with Gasteiger partial charge in [0.1, 0.15) is 0 Å². The molecule has 0 unspecified atom stereocenters. The fourth-order valence-electron chi connectivity index (χ4n) is 0.395. The molecule has 0 atom stereocenters. The summed E-state index contributed by atoms with van der Waals surface area (Å²) in [6, 6.07) is 0. The van der Waals surface area contributed by atoms with E-state index in [9.17, 15) is 4.79 Å². The smallest absolute Gasteiger partial charge is 0.335 e. The molecule has 0 fully saturated rings. The first-order valence-corrected chi connectivity index (χ1v) is 3.72. The van der Waals surface area contributed by atoms with Gasteiger partial charge < -0.3 is 14.2 Å². The van der Waals surface area contributed by atoms with Crippen LogP contribution in [0.4, 0.5) is 0 Å². The molecule has 4 nitrogen and oxygen atoms in total. The third kappa shape index (κ3) is 7.08. The third-order valence-electron chi connectivity index (χ3n) is 1.01. The molecule has 0 aliphatic carbocycles. The lowest BCUT2D eigenvalue weighted by Gasteiger charge is -2.06. The number of hydrogen-bond donors (Lipinski definition) is 0. The van der Waals surface area contributed by atoms with Crippen molar-refractivity contribution in [2.24, 2.45) is 0 Å². The highest BCUT2D eigenvalue weighted by molar-refractivity contribution is 5.86. The summed E-state index contributed by atoms with van der Waals surface area (Å²) in [6.45, 7) is 10.0. The Labute approximate surface area is 77.8 Å². The Morgan fingerprint density at radius 2 is 1.69 bits per heavy atom. The molecule has 0 aromatic rings. The van der Waals surface area contributed by atoms with Gasteiger partial charge in [0.25, 0.3) is 0 Å². The highest BCUT2D eigenvalue weighted by Crippen LogP contribution is 1.93. The summed E-state index contributed by atoms with van der Waals surface area (Å²) >= 11 is 0. The Bertz CT molecular complexity index is 208. The molecule has 0 bridgehead atoms. The Balaban J connectivity index is 3.31. The van der Waals surface area contributed by atoms with Gasteiger partial charge in [-0.2, -0.15) is 0 Å². The molecular weight excluding hydrogens is 172 g/mol.